The summed E-state index contributed by atoms with van der Waals surface area (Å²) in [4.78, 5) is 1.42. The second-order valence-corrected chi connectivity index (χ2v) is 33.0. The molecule has 2 atom stereocenters. The Hall–Kier alpha value is 0.286. The van der Waals surface area contributed by atoms with E-state index in [0.29, 0.717) is 11.8 Å². The van der Waals surface area contributed by atoms with Crippen LogP contribution in [-0.4, -0.2) is 32.8 Å². The molecule has 0 fully saturated rings. The normalized spacial score (nSPS) is 15.4. The number of thioether (sulfide) groups is 1. The van der Waals surface area contributed by atoms with Gasteiger partial charge in [0.05, 0.1) is 0 Å². The number of benzene rings is 1. The summed E-state index contributed by atoms with van der Waals surface area (Å²) in [7, 11) is -1.85. The van der Waals surface area contributed by atoms with Gasteiger partial charge in [0.1, 0.15) is 0 Å². The van der Waals surface area contributed by atoms with Gasteiger partial charge < -0.3 is 0 Å². The van der Waals surface area contributed by atoms with Crippen LogP contribution in [0.1, 0.15) is 101 Å². The van der Waals surface area contributed by atoms with Gasteiger partial charge >= 0.3 is 237 Å². The van der Waals surface area contributed by atoms with Crippen molar-refractivity contribution in [3.8, 4) is 0 Å². The van der Waals surface area contributed by atoms with Gasteiger partial charge in [-0.3, -0.25) is 0 Å². The molecule has 0 saturated carbocycles. The molecule has 1 nitrogen and oxygen atoms in total. The molecule has 208 valence electrons. The summed E-state index contributed by atoms with van der Waals surface area (Å²) >= 11 is -0.465. The first kappa shape index (κ1) is 34.3. The van der Waals surface area contributed by atoms with Crippen LogP contribution in [0.15, 0.2) is 44.2 Å². The average Bonchev–Trinajstić information content (AvgIpc) is 2.81. The van der Waals surface area contributed by atoms with Crippen LogP contribution in [0.5, 0.6) is 0 Å². The standard InChI is InChI=1S/C20H33OSSi.3C4H9.Sn/c1-16(2)19(21-23(7,8)20(4,5)6)17(3)14-15-22-18-12-10-9-11-13-18;3*1-3-4-2;/h9-14,16-17,19H,1-8H3;3*1,3-4H2,2H3;/t17-,19+;;;;/m0..../s1. The predicted octanol–water partition coefficient (Wildman–Crippen LogP) is 11.7. The summed E-state index contributed by atoms with van der Waals surface area (Å²) in [6, 6.07) is 11.2. The van der Waals surface area contributed by atoms with Crippen LogP contribution in [0.4, 0.5) is 0 Å². The zero-order chi connectivity index (χ0) is 27.4. The molecule has 1 rings (SSSR count). The van der Waals surface area contributed by atoms with E-state index in [-0.39, 0.29) is 11.1 Å². The van der Waals surface area contributed by atoms with Crippen molar-refractivity contribution in [1.29, 1.82) is 0 Å². The molecular weight excluding hydrogens is 579 g/mol. The molecule has 4 heteroatoms. The molecule has 0 N–H and O–H groups in total. The second kappa shape index (κ2) is 16.4. The molecule has 0 aromatic heterocycles. The summed E-state index contributed by atoms with van der Waals surface area (Å²) in [5, 5.41) is 0.234. The molecule has 1 aromatic carbocycles. The van der Waals surface area contributed by atoms with E-state index in [1.165, 1.54) is 56.7 Å². The average molecular weight is 640 g/mol. The summed E-state index contributed by atoms with van der Waals surface area (Å²) < 4.78 is 13.5. The number of unbranched alkanes of at least 4 members (excludes halogenated alkanes) is 3. The molecule has 0 heterocycles. The van der Waals surface area contributed by atoms with E-state index >= 15 is 0 Å². The van der Waals surface area contributed by atoms with E-state index in [1.807, 2.05) is 2.92 Å². The minimum atomic E-state index is -2.60. The predicted molar refractivity (Wildman–Crippen MR) is 171 cm³/mol. The van der Waals surface area contributed by atoms with Crippen molar-refractivity contribution >= 4 is 38.5 Å². The zero-order valence-electron chi connectivity index (χ0n) is 25.9. The first-order valence-electron chi connectivity index (χ1n) is 15.0. The van der Waals surface area contributed by atoms with Crippen molar-refractivity contribution < 1.29 is 4.43 Å². The van der Waals surface area contributed by atoms with Gasteiger partial charge in [-0.15, -0.1) is 0 Å². The third kappa shape index (κ3) is 10.8. The van der Waals surface area contributed by atoms with Gasteiger partial charge in [-0.2, -0.15) is 0 Å². The number of hydrogen-bond donors (Lipinski definition) is 0. The second-order valence-electron chi connectivity index (χ2n) is 13.0. The molecule has 0 saturated heterocycles. The summed E-state index contributed by atoms with van der Waals surface area (Å²) in [6.45, 7) is 26.3. The van der Waals surface area contributed by atoms with Crippen LogP contribution in [0.3, 0.4) is 0 Å². The third-order valence-corrected chi connectivity index (χ3v) is 32.1. The summed E-state index contributed by atoms with van der Waals surface area (Å²) in [6.07, 6.45) is 11.2. The Morgan fingerprint density at radius 3 is 1.75 bits per heavy atom. The summed E-state index contributed by atoms with van der Waals surface area (Å²) in [5.41, 5.74) is 0. The Kier molecular flexibility index (Phi) is 15.6. The van der Waals surface area contributed by atoms with Gasteiger partial charge in [0, 0.05) is 0 Å². The molecule has 36 heavy (non-hydrogen) atoms. The Morgan fingerprint density at radius 1 is 0.889 bits per heavy atom. The Balaban J connectivity index is 3.60. The van der Waals surface area contributed by atoms with E-state index in [1.54, 1.807) is 0 Å². The van der Waals surface area contributed by atoms with Crippen LogP contribution in [0.25, 0.3) is 0 Å². The van der Waals surface area contributed by atoms with E-state index in [2.05, 4.69) is 124 Å². The molecule has 0 bridgehead atoms. The molecule has 0 aliphatic rings. The Morgan fingerprint density at radius 2 is 1.36 bits per heavy atom. The van der Waals surface area contributed by atoms with E-state index in [0.717, 1.165) is 0 Å². The van der Waals surface area contributed by atoms with Gasteiger partial charge in [-0.1, -0.05) is 0 Å². The summed E-state index contributed by atoms with van der Waals surface area (Å²) in [5.74, 6) is 0.950. The van der Waals surface area contributed by atoms with Crippen molar-refractivity contribution in [2.24, 2.45) is 11.8 Å². The first-order valence-corrected chi connectivity index (χ1v) is 26.2. The third-order valence-electron chi connectivity index (χ3n) is 8.35. The fourth-order valence-corrected chi connectivity index (χ4v) is 27.2. The molecule has 0 unspecified atom stereocenters. The maximum absolute atomic E-state index is 7.14. The van der Waals surface area contributed by atoms with Crippen LogP contribution in [-0.2, 0) is 4.43 Å². The van der Waals surface area contributed by atoms with E-state index in [4.69, 9.17) is 4.43 Å². The Bertz CT molecular complexity index is 731. The van der Waals surface area contributed by atoms with Crippen molar-refractivity contribution in [3.63, 3.8) is 0 Å². The van der Waals surface area contributed by atoms with Gasteiger partial charge in [0.15, 0.2) is 0 Å². The molecular formula is C32H60OSSiSn. The van der Waals surface area contributed by atoms with Gasteiger partial charge in [0.25, 0.3) is 0 Å². The molecule has 0 radical (unpaired) electrons. The molecule has 0 aliphatic carbocycles. The van der Waals surface area contributed by atoms with E-state index in [9.17, 15) is 0 Å². The van der Waals surface area contributed by atoms with Crippen LogP contribution in [0, 0.1) is 11.8 Å². The minimum absolute atomic E-state index is 0.234. The first-order chi connectivity index (χ1) is 16.8. The van der Waals surface area contributed by atoms with Crippen LogP contribution in [0.2, 0.25) is 31.4 Å². The van der Waals surface area contributed by atoms with Crippen molar-refractivity contribution in [1.82, 2.24) is 0 Å². The number of hydrogen-bond acceptors (Lipinski definition) is 2. The monoisotopic (exact) mass is 640 g/mol. The zero-order valence-corrected chi connectivity index (χ0v) is 30.5. The van der Waals surface area contributed by atoms with Gasteiger partial charge in [-0.25, -0.2) is 0 Å². The van der Waals surface area contributed by atoms with Crippen molar-refractivity contribution in [2.75, 3.05) is 0 Å². The SMILES string of the molecule is CCC[CH2][Sn]([CH2]CCC)([CH2]CCC)/[C](=C/[C@H](C)[C@H](O[Si](C)(C)C(C)(C)C)C(C)C)Sc1ccccc1. The van der Waals surface area contributed by atoms with Crippen molar-refractivity contribution in [3.05, 3.63) is 39.3 Å². The van der Waals surface area contributed by atoms with Crippen LogP contribution < -0.4 is 0 Å². The van der Waals surface area contributed by atoms with E-state index < -0.39 is 26.7 Å². The fourth-order valence-electron chi connectivity index (χ4n) is 4.93. The van der Waals surface area contributed by atoms with Crippen molar-refractivity contribution in [2.45, 2.75) is 143 Å². The molecule has 0 aliphatic heterocycles. The molecule has 1 aromatic rings. The fraction of sp³-hybridized carbons (Fsp3) is 0.750. The quantitative estimate of drug-likeness (QED) is 0.124. The number of rotatable bonds is 17. The Labute approximate surface area is 236 Å². The van der Waals surface area contributed by atoms with Gasteiger partial charge in [0.2, 0.25) is 0 Å². The van der Waals surface area contributed by atoms with Crippen LogP contribution >= 0.6 is 11.8 Å². The maximum atomic E-state index is 7.14. The topological polar surface area (TPSA) is 9.23 Å². The molecule has 0 spiro atoms. The molecule has 0 amide bonds. The van der Waals surface area contributed by atoms with Gasteiger partial charge in [-0.05, 0) is 0 Å².